The molecule has 1 aliphatic carbocycles. The average Bonchev–Trinajstić information content (AvgIpc) is 2.22. The van der Waals surface area contributed by atoms with Crippen LogP contribution in [0.4, 0.5) is 4.79 Å². The van der Waals surface area contributed by atoms with Crippen LogP contribution in [-0.4, -0.2) is 42.4 Å². The molecule has 1 unspecified atom stereocenters. The van der Waals surface area contributed by atoms with Crippen molar-refractivity contribution < 1.29 is 19.4 Å². The summed E-state index contributed by atoms with van der Waals surface area (Å²) in [5, 5.41) is 14.3. The Morgan fingerprint density at radius 2 is 2.12 bits per heavy atom. The second-order valence-electron chi connectivity index (χ2n) is 4.40. The average molecular weight is 244 g/mol. The fourth-order valence-electron chi connectivity index (χ4n) is 1.82. The van der Waals surface area contributed by atoms with E-state index in [-0.39, 0.29) is 6.04 Å². The molecular formula is C11H20N2O4. The van der Waals surface area contributed by atoms with Gasteiger partial charge in [0, 0.05) is 7.11 Å². The molecule has 0 heterocycles. The first kappa shape index (κ1) is 13.8. The Morgan fingerprint density at radius 1 is 1.47 bits per heavy atom. The fraction of sp³-hybridized carbons (Fsp3) is 0.818. The van der Waals surface area contributed by atoms with E-state index in [0.29, 0.717) is 19.4 Å². The Balaban J connectivity index is 2.45. The largest absolute Gasteiger partial charge is 0.480 e. The van der Waals surface area contributed by atoms with Crippen LogP contribution in [-0.2, 0) is 9.53 Å². The van der Waals surface area contributed by atoms with E-state index in [2.05, 4.69) is 10.6 Å². The number of carbonyl (C=O) groups excluding carboxylic acids is 1. The van der Waals surface area contributed by atoms with Crippen molar-refractivity contribution in [1.29, 1.82) is 0 Å². The summed E-state index contributed by atoms with van der Waals surface area (Å²) in [5.41, 5.74) is -1.06. The van der Waals surface area contributed by atoms with Gasteiger partial charge in [0.05, 0.1) is 12.6 Å². The van der Waals surface area contributed by atoms with Gasteiger partial charge in [0.15, 0.2) is 0 Å². The van der Waals surface area contributed by atoms with Crippen LogP contribution in [0, 0.1) is 0 Å². The van der Waals surface area contributed by atoms with Crippen LogP contribution in [0.2, 0.25) is 0 Å². The number of ether oxygens (including phenoxy) is 1. The van der Waals surface area contributed by atoms with E-state index in [1.54, 1.807) is 7.11 Å². The molecule has 6 nitrogen and oxygen atoms in total. The van der Waals surface area contributed by atoms with Crippen molar-refractivity contribution in [2.75, 3.05) is 13.7 Å². The smallest absolute Gasteiger partial charge is 0.329 e. The zero-order valence-corrected chi connectivity index (χ0v) is 10.3. The summed E-state index contributed by atoms with van der Waals surface area (Å²) in [5.74, 6) is -0.960. The topological polar surface area (TPSA) is 87.7 Å². The summed E-state index contributed by atoms with van der Waals surface area (Å²) in [6, 6.07) is -0.526. The number of hydrogen-bond donors (Lipinski definition) is 3. The van der Waals surface area contributed by atoms with Crippen LogP contribution in [0.5, 0.6) is 0 Å². The molecule has 6 heteroatoms. The highest BCUT2D eigenvalue weighted by molar-refractivity contribution is 5.87. The van der Waals surface area contributed by atoms with Gasteiger partial charge in [-0.1, -0.05) is 6.92 Å². The van der Waals surface area contributed by atoms with Gasteiger partial charge in [-0.25, -0.2) is 9.59 Å². The van der Waals surface area contributed by atoms with Crippen molar-refractivity contribution in [3.63, 3.8) is 0 Å². The zero-order valence-electron chi connectivity index (χ0n) is 10.3. The number of urea groups is 1. The molecule has 0 bridgehead atoms. The number of nitrogens with one attached hydrogen (secondary N) is 2. The van der Waals surface area contributed by atoms with E-state index in [0.717, 1.165) is 12.8 Å². The van der Waals surface area contributed by atoms with E-state index >= 15 is 0 Å². The van der Waals surface area contributed by atoms with Crippen molar-refractivity contribution in [3.8, 4) is 0 Å². The maximum atomic E-state index is 11.7. The summed E-state index contributed by atoms with van der Waals surface area (Å²) in [4.78, 5) is 22.7. The monoisotopic (exact) mass is 244 g/mol. The molecular weight excluding hydrogens is 224 g/mol. The van der Waals surface area contributed by atoms with Gasteiger partial charge in [0.2, 0.25) is 0 Å². The summed E-state index contributed by atoms with van der Waals surface area (Å²) < 4.78 is 4.95. The lowest BCUT2D eigenvalue weighted by molar-refractivity contribution is -0.148. The summed E-state index contributed by atoms with van der Waals surface area (Å²) >= 11 is 0. The summed E-state index contributed by atoms with van der Waals surface area (Å²) in [6.07, 6.45) is 2.57. The van der Waals surface area contributed by atoms with Crippen molar-refractivity contribution in [1.82, 2.24) is 10.6 Å². The standard InChI is InChI=1S/C11H20N2O4/c1-3-8(7-17-2)12-10(16)13-11(9(14)15)5-4-6-11/h8H,3-7H2,1-2H3,(H,14,15)(H2,12,13,16). The van der Waals surface area contributed by atoms with E-state index in [1.807, 2.05) is 6.92 Å². The Morgan fingerprint density at radius 3 is 2.47 bits per heavy atom. The van der Waals surface area contributed by atoms with Gasteiger partial charge >= 0.3 is 12.0 Å². The molecule has 0 aliphatic heterocycles. The lowest BCUT2D eigenvalue weighted by Crippen LogP contribution is -2.62. The van der Waals surface area contributed by atoms with Crippen LogP contribution >= 0.6 is 0 Å². The first-order chi connectivity index (χ1) is 8.04. The number of carboxylic acids is 1. The molecule has 3 N–H and O–H groups in total. The number of hydrogen-bond acceptors (Lipinski definition) is 3. The predicted molar refractivity (Wildman–Crippen MR) is 61.8 cm³/mol. The molecule has 1 aliphatic rings. The number of amides is 2. The summed E-state index contributed by atoms with van der Waals surface area (Å²) in [6.45, 7) is 2.35. The van der Waals surface area contributed by atoms with E-state index in [9.17, 15) is 9.59 Å². The highest BCUT2D eigenvalue weighted by atomic mass is 16.5. The van der Waals surface area contributed by atoms with E-state index in [4.69, 9.17) is 9.84 Å². The molecule has 17 heavy (non-hydrogen) atoms. The van der Waals surface area contributed by atoms with Crippen molar-refractivity contribution >= 4 is 12.0 Å². The molecule has 1 fully saturated rings. The zero-order chi connectivity index (χ0) is 12.9. The van der Waals surface area contributed by atoms with Crippen LogP contribution in [0.1, 0.15) is 32.6 Å². The van der Waals surface area contributed by atoms with Gasteiger partial charge in [0.1, 0.15) is 5.54 Å². The van der Waals surface area contributed by atoms with E-state index < -0.39 is 17.5 Å². The molecule has 0 radical (unpaired) electrons. The number of rotatable bonds is 6. The van der Waals surface area contributed by atoms with Crippen LogP contribution < -0.4 is 10.6 Å². The molecule has 0 aromatic heterocycles. The minimum atomic E-state index is -1.06. The maximum Gasteiger partial charge on any atom is 0.329 e. The number of aliphatic carboxylic acids is 1. The van der Waals surface area contributed by atoms with Crippen LogP contribution in [0.25, 0.3) is 0 Å². The predicted octanol–water partition coefficient (Wildman–Crippen LogP) is 0.718. The molecule has 0 spiro atoms. The molecule has 1 atom stereocenters. The first-order valence-electron chi connectivity index (χ1n) is 5.85. The van der Waals surface area contributed by atoms with Gasteiger partial charge in [0.25, 0.3) is 0 Å². The van der Waals surface area contributed by atoms with Crippen molar-refractivity contribution in [3.05, 3.63) is 0 Å². The SMILES string of the molecule is CCC(COC)NC(=O)NC1(C(=O)O)CCC1. The minimum absolute atomic E-state index is 0.0917. The van der Waals surface area contributed by atoms with E-state index in [1.165, 1.54) is 0 Å². The fourth-order valence-corrected chi connectivity index (χ4v) is 1.82. The minimum Gasteiger partial charge on any atom is -0.480 e. The summed E-state index contributed by atoms with van der Waals surface area (Å²) in [7, 11) is 1.56. The number of carbonyl (C=O) groups is 2. The highest BCUT2D eigenvalue weighted by Crippen LogP contribution is 2.31. The van der Waals surface area contributed by atoms with Gasteiger partial charge in [-0.05, 0) is 25.7 Å². The third-order valence-electron chi connectivity index (χ3n) is 3.17. The second-order valence-corrected chi connectivity index (χ2v) is 4.40. The van der Waals surface area contributed by atoms with Gasteiger partial charge in [-0.15, -0.1) is 0 Å². The molecule has 2 amide bonds. The highest BCUT2D eigenvalue weighted by Gasteiger charge is 2.45. The molecule has 1 saturated carbocycles. The lowest BCUT2D eigenvalue weighted by atomic mass is 9.77. The van der Waals surface area contributed by atoms with Gasteiger partial charge in [-0.3, -0.25) is 0 Å². The molecule has 1 rings (SSSR count). The molecule has 98 valence electrons. The maximum absolute atomic E-state index is 11.7. The van der Waals surface area contributed by atoms with Crippen LogP contribution in [0.3, 0.4) is 0 Å². The van der Waals surface area contributed by atoms with Crippen molar-refractivity contribution in [2.24, 2.45) is 0 Å². The van der Waals surface area contributed by atoms with Gasteiger partial charge in [-0.2, -0.15) is 0 Å². The third kappa shape index (κ3) is 3.33. The van der Waals surface area contributed by atoms with Crippen LogP contribution in [0.15, 0.2) is 0 Å². The molecule has 0 aromatic carbocycles. The Kier molecular flexibility index (Phi) is 4.74. The second kappa shape index (κ2) is 5.86. The Labute approximate surface area is 101 Å². The number of carboxylic acid groups (broad SMARTS) is 1. The van der Waals surface area contributed by atoms with Gasteiger partial charge < -0.3 is 20.5 Å². The van der Waals surface area contributed by atoms with Crippen molar-refractivity contribution in [2.45, 2.75) is 44.2 Å². The quantitative estimate of drug-likeness (QED) is 0.642. The Bertz CT molecular complexity index is 289. The first-order valence-corrected chi connectivity index (χ1v) is 5.85. The molecule has 0 saturated heterocycles. The normalized spacial score (nSPS) is 18.9. The molecule has 0 aromatic rings. The number of methoxy groups -OCH3 is 1. The lowest BCUT2D eigenvalue weighted by Gasteiger charge is -2.38. The Hall–Kier alpha value is -1.30. The third-order valence-corrected chi connectivity index (χ3v) is 3.17.